The molecule has 0 aliphatic rings. The molecule has 2 aromatic rings. The fraction of sp³-hybridized carbons (Fsp3) is 0.355. The second-order valence-corrected chi connectivity index (χ2v) is 11.8. The lowest BCUT2D eigenvalue weighted by atomic mass is 9.73. The number of hydrogen-bond donors (Lipinski definition) is 0. The Kier molecular flexibility index (Phi) is 14.8. The van der Waals surface area contributed by atoms with E-state index in [4.69, 9.17) is 0 Å². The molecule has 0 spiro atoms. The van der Waals surface area contributed by atoms with Crippen LogP contribution in [0.2, 0.25) is 0 Å². The monoisotopic (exact) mass is 1020 g/mol. The van der Waals surface area contributed by atoms with Crippen molar-refractivity contribution in [3.63, 3.8) is 0 Å². The molecule has 0 heterocycles. The van der Waals surface area contributed by atoms with Gasteiger partial charge in [0.2, 0.25) is 28.6 Å². The smallest absolute Gasteiger partial charge is 0.450 e. The van der Waals surface area contributed by atoms with Crippen LogP contribution in [0, 0.1) is 0 Å². The SMILES string of the molecule is F/C(=C(/C(=C(/Oc1ccc(C(c2ccc(O/C(=C(/C(=C(/F)C(F)(F)F)C(F)(F)F)C(F)(F)F)C(F)(F)F)cc2)(C(F)(F)F)C(F)(F)F)cc1)C(F)(F)F)C(F)(F)F)C(F)(F)F)C(F)(F)F. The summed E-state index contributed by atoms with van der Waals surface area (Å²) >= 11 is 0. The summed E-state index contributed by atoms with van der Waals surface area (Å²) in [6.45, 7) is 0. The first kappa shape index (κ1) is 55.9. The first-order valence-corrected chi connectivity index (χ1v) is 15.0. The van der Waals surface area contributed by atoms with Crippen molar-refractivity contribution in [1.82, 2.24) is 0 Å². The molecule has 0 amide bonds. The Morgan fingerprint density at radius 3 is 0.646 bits per heavy atom. The third-order valence-electron chi connectivity index (χ3n) is 7.40. The molecule has 0 aliphatic heterocycles. The second kappa shape index (κ2) is 17.2. The van der Waals surface area contributed by atoms with Crippen LogP contribution in [-0.2, 0) is 5.41 Å². The van der Waals surface area contributed by atoms with Crippen molar-refractivity contribution in [3.05, 3.63) is 105 Å². The highest BCUT2D eigenvalue weighted by Gasteiger charge is 2.72. The maximum Gasteiger partial charge on any atom is 0.450 e. The van der Waals surface area contributed by atoms with Crippen LogP contribution in [0.3, 0.4) is 0 Å². The lowest BCUT2D eigenvalue weighted by Crippen LogP contribution is -2.54. The quantitative estimate of drug-likeness (QED) is 0.149. The lowest BCUT2D eigenvalue weighted by molar-refractivity contribution is -0.288. The average Bonchev–Trinajstić information content (AvgIpc) is 3.03. The van der Waals surface area contributed by atoms with Crippen LogP contribution < -0.4 is 9.47 Å². The molecule has 368 valence electrons. The fourth-order valence-electron chi connectivity index (χ4n) is 5.07. The van der Waals surface area contributed by atoms with E-state index in [1.165, 1.54) is 0 Å². The van der Waals surface area contributed by atoms with Crippen molar-refractivity contribution in [2.75, 3.05) is 0 Å². The highest BCUT2D eigenvalue weighted by Crippen LogP contribution is 2.57. The van der Waals surface area contributed by atoms with E-state index in [1.807, 2.05) is 0 Å². The number of rotatable bonds is 8. The second-order valence-electron chi connectivity index (χ2n) is 11.8. The lowest BCUT2D eigenvalue weighted by Gasteiger charge is -2.38. The van der Waals surface area contributed by atoms with Gasteiger partial charge in [-0.1, -0.05) is 24.3 Å². The molecule has 34 heteroatoms. The molecule has 0 saturated heterocycles. The highest BCUT2D eigenvalue weighted by molar-refractivity contribution is 5.50. The third-order valence-corrected chi connectivity index (χ3v) is 7.40. The van der Waals surface area contributed by atoms with Crippen LogP contribution in [0.4, 0.5) is 140 Å². The van der Waals surface area contributed by atoms with Gasteiger partial charge in [-0.3, -0.25) is 0 Å². The first-order chi connectivity index (χ1) is 28.4. The van der Waals surface area contributed by atoms with E-state index in [1.54, 1.807) is 0 Å². The summed E-state index contributed by atoms with van der Waals surface area (Å²) in [4.78, 5) is 0. The number of hydrogen-bond acceptors (Lipinski definition) is 2. The fourth-order valence-corrected chi connectivity index (χ4v) is 5.07. The molecule has 0 unspecified atom stereocenters. The van der Waals surface area contributed by atoms with E-state index in [2.05, 4.69) is 9.47 Å². The minimum absolute atomic E-state index is 0.680. The molecule has 0 aromatic heterocycles. The minimum Gasteiger partial charge on any atom is -0.451 e. The van der Waals surface area contributed by atoms with E-state index in [9.17, 15) is 140 Å². The van der Waals surface area contributed by atoms with Gasteiger partial charge < -0.3 is 9.47 Å². The summed E-state index contributed by atoms with van der Waals surface area (Å²) in [7, 11) is 0. The number of ether oxygens (including phenoxy) is 2. The molecular formula is C31H8F32O2. The van der Waals surface area contributed by atoms with E-state index >= 15 is 0 Å². The van der Waals surface area contributed by atoms with E-state index in [0.717, 1.165) is 0 Å². The topological polar surface area (TPSA) is 18.5 Å². The van der Waals surface area contributed by atoms with E-state index in [0.29, 0.717) is 0 Å². The Bertz CT molecular complexity index is 1990. The van der Waals surface area contributed by atoms with Crippen LogP contribution in [0.5, 0.6) is 11.5 Å². The number of allylic oxidation sites excluding steroid dienone is 8. The molecule has 0 atom stereocenters. The van der Waals surface area contributed by atoms with Crippen molar-refractivity contribution in [2.45, 2.75) is 67.2 Å². The zero-order chi connectivity index (χ0) is 51.5. The summed E-state index contributed by atoms with van der Waals surface area (Å²) in [5, 5.41) is 0. The van der Waals surface area contributed by atoms with Gasteiger partial charge in [-0.15, -0.1) is 0 Å². The maximum atomic E-state index is 14.6. The highest BCUT2D eigenvalue weighted by atomic mass is 19.5. The number of benzene rings is 2. The Hall–Kier alpha value is -5.24. The van der Waals surface area contributed by atoms with Gasteiger partial charge in [-0.25, -0.2) is 8.78 Å². The van der Waals surface area contributed by atoms with Crippen molar-refractivity contribution in [2.24, 2.45) is 0 Å². The normalized spacial score (nSPS) is 16.4. The van der Waals surface area contributed by atoms with Crippen LogP contribution >= 0.6 is 0 Å². The standard InChI is InChI=1S/C31H8F32O2/c32-17(26(46,47)48)13(22(34,35)36)15(24(40,41)42)19(28(52,53)54)64-11-5-1-9(2-6-11)21(30(58,59)60,31(61,62)63)10-3-7-12(8-4-10)65-20(29(55,56)57)16(25(43,44)45)14(23(37,38)39)18(33)27(49,50)51/h1-8H/b17-13-,18-14-,19-15-,20-16-. The first-order valence-electron chi connectivity index (χ1n) is 15.0. The van der Waals surface area contributed by atoms with Crippen LogP contribution in [0.1, 0.15) is 11.1 Å². The van der Waals surface area contributed by atoms with Crippen LogP contribution in [0.15, 0.2) is 94.0 Å². The van der Waals surface area contributed by atoms with Gasteiger partial charge in [-0.05, 0) is 35.4 Å². The molecule has 0 N–H and O–H groups in total. The maximum absolute atomic E-state index is 14.6. The Labute approximate surface area is 334 Å². The summed E-state index contributed by atoms with van der Waals surface area (Å²) in [6, 6.07) is -5.67. The van der Waals surface area contributed by atoms with Crippen molar-refractivity contribution < 1.29 is 150 Å². The van der Waals surface area contributed by atoms with Gasteiger partial charge in [-0.2, -0.15) is 132 Å². The molecule has 65 heavy (non-hydrogen) atoms. The van der Waals surface area contributed by atoms with Crippen molar-refractivity contribution in [1.29, 1.82) is 0 Å². The molecule has 0 bridgehead atoms. The number of alkyl halides is 30. The zero-order valence-corrected chi connectivity index (χ0v) is 29.0. The van der Waals surface area contributed by atoms with E-state index in [-0.39, 0.29) is 0 Å². The van der Waals surface area contributed by atoms with Gasteiger partial charge in [0.25, 0.3) is 0 Å². The molecular weight excluding hydrogens is 1010 g/mol. The molecule has 0 saturated carbocycles. The van der Waals surface area contributed by atoms with Crippen molar-refractivity contribution >= 4 is 0 Å². The summed E-state index contributed by atoms with van der Waals surface area (Å²) < 4.78 is 443. The Balaban J connectivity index is 3.07. The van der Waals surface area contributed by atoms with Gasteiger partial charge in [0.15, 0.2) is 0 Å². The largest absolute Gasteiger partial charge is 0.451 e. The number of halogens is 32. The summed E-state index contributed by atoms with van der Waals surface area (Å²) in [6.07, 6.45) is -71.9. The molecule has 2 rings (SSSR count). The van der Waals surface area contributed by atoms with Crippen molar-refractivity contribution in [3.8, 4) is 11.5 Å². The molecule has 2 nitrogen and oxygen atoms in total. The van der Waals surface area contributed by atoms with Gasteiger partial charge >= 0.3 is 61.8 Å². The minimum atomic E-state index is -7.36. The summed E-state index contributed by atoms with van der Waals surface area (Å²) in [5.41, 5.74) is -29.6. The van der Waals surface area contributed by atoms with Crippen LogP contribution in [0.25, 0.3) is 0 Å². The predicted octanol–water partition coefficient (Wildman–Crippen LogP) is 15.3. The Morgan fingerprint density at radius 1 is 0.277 bits per heavy atom. The molecule has 0 radical (unpaired) electrons. The van der Waals surface area contributed by atoms with Gasteiger partial charge in [0.05, 0.1) is 0 Å². The van der Waals surface area contributed by atoms with Gasteiger partial charge in [0.1, 0.15) is 33.8 Å². The van der Waals surface area contributed by atoms with E-state index < -0.39 is 184 Å². The average molecular weight is 1020 g/mol. The Morgan fingerprint density at radius 2 is 0.492 bits per heavy atom. The molecule has 0 aliphatic carbocycles. The van der Waals surface area contributed by atoms with Gasteiger partial charge in [0, 0.05) is 0 Å². The third kappa shape index (κ3) is 12.2. The molecule has 0 fully saturated rings. The summed E-state index contributed by atoms with van der Waals surface area (Å²) in [5.74, 6) is -22.8. The van der Waals surface area contributed by atoms with Crippen LogP contribution in [-0.4, -0.2) is 61.8 Å². The molecule has 2 aromatic carbocycles. The predicted molar refractivity (Wildman–Crippen MR) is 146 cm³/mol. The zero-order valence-electron chi connectivity index (χ0n) is 29.0.